The minimum Gasteiger partial charge on any atom is -0.379 e. The van der Waals surface area contributed by atoms with Crippen molar-refractivity contribution in [2.45, 2.75) is 13.3 Å². The van der Waals surface area contributed by atoms with Gasteiger partial charge in [-0.2, -0.15) is 0 Å². The lowest BCUT2D eigenvalue weighted by atomic mass is 10.1. The van der Waals surface area contributed by atoms with Gasteiger partial charge in [-0.05, 0) is 36.6 Å². The van der Waals surface area contributed by atoms with Gasteiger partial charge in [0.15, 0.2) is 0 Å². The first-order valence-electron chi connectivity index (χ1n) is 12.4. The van der Waals surface area contributed by atoms with E-state index >= 15 is 0 Å². The number of anilines is 1. The van der Waals surface area contributed by atoms with E-state index in [0.29, 0.717) is 45.8 Å². The standard InChI is InChI=1S/C27H29N5O3S2/c1-19-6-5-11-31-24(19)29-23(28-10-13-30-14-16-35-17-15-30)21(25(31)33)18-22-26(34)32(27(36)37-22)12-9-20-7-3-2-4-8-20/h2-8,11,18,28H,9-10,12-17H2,1H3/b22-18-. The van der Waals surface area contributed by atoms with Crippen LogP contribution in [0.3, 0.4) is 0 Å². The van der Waals surface area contributed by atoms with Crippen molar-refractivity contribution in [1.29, 1.82) is 0 Å². The zero-order valence-corrected chi connectivity index (χ0v) is 22.3. The first-order valence-corrected chi connectivity index (χ1v) is 13.6. The number of aryl methyl sites for hydroxylation is 1. The molecule has 8 nitrogen and oxygen atoms in total. The molecule has 10 heteroatoms. The molecule has 2 saturated heterocycles. The number of carbonyl (C=O) groups is 1. The molecule has 2 aliphatic rings. The summed E-state index contributed by atoms with van der Waals surface area (Å²) in [7, 11) is 0. The maximum absolute atomic E-state index is 13.6. The Morgan fingerprint density at radius 3 is 2.68 bits per heavy atom. The highest BCUT2D eigenvalue weighted by Gasteiger charge is 2.32. The smallest absolute Gasteiger partial charge is 0.267 e. The second-order valence-electron chi connectivity index (χ2n) is 9.01. The molecule has 2 fully saturated rings. The number of fused-ring (bicyclic) bond motifs is 1. The number of aromatic nitrogens is 2. The predicted octanol–water partition coefficient (Wildman–Crippen LogP) is 3.19. The zero-order chi connectivity index (χ0) is 25.8. The van der Waals surface area contributed by atoms with Gasteiger partial charge in [-0.1, -0.05) is 60.4 Å². The molecule has 0 bridgehead atoms. The van der Waals surface area contributed by atoms with Crippen LogP contribution in [0.5, 0.6) is 0 Å². The molecule has 1 N–H and O–H groups in total. The molecule has 1 amide bonds. The molecule has 37 heavy (non-hydrogen) atoms. The Hall–Kier alpha value is -3.05. The highest BCUT2D eigenvalue weighted by Crippen LogP contribution is 2.33. The van der Waals surface area contributed by atoms with E-state index in [1.54, 1.807) is 17.2 Å². The van der Waals surface area contributed by atoms with Gasteiger partial charge in [-0.3, -0.25) is 23.8 Å². The van der Waals surface area contributed by atoms with Crippen molar-refractivity contribution >= 4 is 51.7 Å². The summed E-state index contributed by atoms with van der Waals surface area (Å²) >= 11 is 6.75. The molecule has 192 valence electrons. The van der Waals surface area contributed by atoms with Gasteiger partial charge < -0.3 is 10.1 Å². The first kappa shape index (κ1) is 25.6. The minimum absolute atomic E-state index is 0.182. The lowest BCUT2D eigenvalue weighted by Crippen LogP contribution is -2.39. The minimum atomic E-state index is -0.225. The molecule has 0 spiro atoms. The van der Waals surface area contributed by atoms with E-state index in [4.69, 9.17) is 21.9 Å². The van der Waals surface area contributed by atoms with E-state index in [0.717, 1.165) is 44.0 Å². The number of pyridine rings is 1. The fourth-order valence-corrected chi connectivity index (χ4v) is 5.73. The Morgan fingerprint density at radius 2 is 1.89 bits per heavy atom. The molecule has 0 radical (unpaired) electrons. The highest BCUT2D eigenvalue weighted by molar-refractivity contribution is 8.26. The van der Waals surface area contributed by atoms with Crippen LogP contribution in [0.2, 0.25) is 0 Å². The van der Waals surface area contributed by atoms with Crippen LogP contribution in [0, 0.1) is 6.92 Å². The Labute approximate surface area is 225 Å². The van der Waals surface area contributed by atoms with Gasteiger partial charge in [0.25, 0.3) is 11.5 Å². The van der Waals surface area contributed by atoms with Crippen LogP contribution in [-0.2, 0) is 16.0 Å². The lowest BCUT2D eigenvalue weighted by molar-refractivity contribution is -0.122. The van der Waals surface area contributed by atoms with Crippen molar-refractivity contribution in [3.63, 3.8) is 0 Å². The SMILES string of the molecule is Cc1cccn2c(=O)c(/C=C3\SC(=S)N(CCc4ccccc4)C3=O)c(NCCN3CCOCC3)nc12. The van der Waals surface area contributed by atoms with Gasteiger partial charge in [0.2, 0.25) is 0 Å². The van der Waals surface area contributed by atoms with E-state index < -0.39 is 0 Å². The summed E-state index contributed by atoms with van der Waals surface area (Å²) < 4.78 is 7.46. The molecular weight excluding hydrogens is 506 g/mol. The van der Waals surface area contributed by atoms with E-state index in [-0.39, 0.29) is 11.5 Å². The summed E-state index contributed by atoms with van der Waals surface area (Å²) in [6.45, 7) is 7.06. The predicted molar refractivity (Wildman–Crippen MR) is 152 cm³/mol. The van der Waals surface area contributed by atoms with Crippen LogP contribution >= 0.6 is 24.0 Å². The van der Waals surface area contributed by atoms with Crippen molar-refractivity contribution in [2.24, 2.45) is 0 Å². The Bertz CT molecular complexity index is 1400. The molecular formula is C27H29N5O3S2. The number of thioether (sulfide) groups is 1. The van der Waals surface area contributed by atoms with E-state index in [1.165, 1.54) is 16.2 Å². The van der Waals surface area contributed by atoms with Gasteiger partial charge in [0.1, 0.15) is 15.8 Å². The quantitative estimate of drug-likeness (QED) is 0.348. The summed E-state index contributed by atoms with van der Waals surface area (Å²) in [6, 6.07) is 13.7. The van der Waals surface area contributed by atoms with Crippen LogP contribution in [0.1, 0.15) is 16.7 Å². The summed E-state index contributed by atoms with van der Waals surface area (Å²) in [6.07, 6.45) is 4.05. The average Bonchev–Trinajstić information content (AvgIpc) is 3.18. The number of rotatable bonds is 8. The number of ether oxygens (including phenoxy) is 1. The average molecular weight is 536 g/mol. The summed E-state index contributed by atoms with van der Waals surface area (Å²) in [5.74, 6) is 0.293. The number of morpholine rings is 1. The molecule has 4 heterocycles. The topological polar surface area (TPSA) is 79.2 Å². The lowest BCUT2D eigenvalue weighted by Gasteiger charge is -2.26. The van der Waals surface area contributed by atoms with Crippen molar-refractivity contribution in [3.8, 4) is 0 Å². The zero-order valence-electron chi connectivity index (χ0n) is 20.7. The molecule has 0 atom stereocenters. The third-order valence-electron chi connectivity index (χ3n) is 6.52. The Morgan fingerprint density at radius 1 is 1.11 bits per heavy atom. The molecule has 0 aliphatic carbocycles. The van der Waals surface area contributed by atoms with Crippen LogP contribution in [0.25, 0.3) is 11.7 Å². The Balaban J connectivity index is 1.42. The number of nitrogens with one attached hydrogen (secondary N) is 1. The summed E-state index contributed by atoms with van der Waals surface area (Å²) in [5.41, 5.74) is 2.76. The molecule has 5 rings (SSSR count). The molecule has 3 aromatic rings. The third kappa shape index (κ3) is 5.77. The van der Waals surface area contributed by atoms with E-state index in [9.17, 15) is 9.59 Å². The molecule has 2 aliphatic heterocycles. The van der Waals surface area contributed by atoms with Crippen molar-refractivity contribution < 1.29 is 9.53 Å². The molecule has 1 aromatic carbocycles. The second-order valence-corrected chi connectivity index (χ2v) is 10.7. The van der Waals surface area contributed by atoms with E-state index in [1.807, 2.05) is 49.4 Å². The summed E-state index contributed by atoms with van der Waals surface area (Å²) in [5, 5.41) is 3.36. The van der Waals surface area contributed by atoms with Gasteiger partial charge in [0, 0.05) is 38.9 Å². The number of carbonyl (C=O) groups excluding carboxylic acids is 1. The normalized spacial score (nSPS) is 17.8. The van der Waals surface area contributed by atoms with Gasteiger partial charge in [-0.25, -0.2) is 4.98 Å². The van der Waals surface area contributed by atoms with Gasteiger partial charge in [0.05, 0.1) is 23.7 Å². The molecule has 2 aromatic heterocycles. The van der Waals surface area contributed by atoms with Crippen LogP contribution in [-0.4, -0.2) is 75.3 Å². The maximum atomic E-state index is 13.6. The number of benzene rings is 1. The monoisotopic (exact) mass is 535 g/mol. The number of amides is 1. The van der Waals surface area contributed by atoms with Crippen molar-refractivity contribution in [3.05, 3.63) is 80.6 Å². The summed E-state index contributed by atoms with van der Waals surface area (Å²) in [4.78, 5) is 36.0. The molecule has 0 saturated carbocycles. The van der Waals surface area contributed by atoms with Gasteiger partial charge >= 0.3 is 0 Å². The van der Waals surface area contributed by atoms with Crippen molar-refractivity contribution in [1.82, 2.24) is 19.2 Å². The fraction of sp³-hybridized carbons (Fsp3) is 0.333. The largest absolute Gasteiger partial charge is 0.379 e. The van der Waals surface area contributed by atoms with Gasteiger partial charge in [-0.15, -0.1) is 0 Å². The first-order chi connectivity index (χ1) is 18.0. The Kier molecular flexibility index (Phi) is 7.99. The number of thiocarbonyl (C=S) groups is 1. The number of hydrogen-bond acceptors (Lipinski definition) is 8. The highest BCUT2D eigenvalue weighted by atomic mass is 32.2. The molecule has 0 unspecified atom stereocenters. The van der Waals surface area contributed by atoms with Crippen LogP contribution < -0.4 is 10.9 Å². The van der Waals surface area contributed by atoms with Crippen LogP contribution in [0.4, 0.5) is 5.82 Å². The second kappa shape index (κ2) is 11.6. The fourth-order valence-electron chi connectivity index (χ4n) is 4.44. The maximum Gasteiger partial charge on any atom is 0.267 e. The van der Waals surface area contributed by atoms with E-state index in [2.05, 4.69) is 10.2 Å². The number of hydrogen-bond donors (Lipinski definition) is 1. The number of nitrogens with zero attached hydrogens (tertiary/aromatic N) is 4. The van der Waals surface area contributed by atoms with Crippen LogP contribution in [0.15, 0.2) is 58.4 Å². The van der Waals surface area contributed by atoms with Crippen molar-refractivity contribution in [2.75, 3.05) is 51.3 Å². The third-order valence-corrected chi connectivity index (χ3v) is 7.90.